The van der Waals surface area contributed by atoms with Crippen LogP contribution >= 0.6 is 15.9 Å². The molecule has 2 unspecified atom stereocenters. The van der Waals surface area contributed by atoms with Gasteiger partial charge < -0.3 is 9.73 Å². The van der Waals surface area contributed by atoms with Gasteiger partial charge in [0.1, 0.15) is 5.76 Å². The van der Waals surface area contributed by atoms with Crippen LogP contribution in [0, 0.1) is 0 Å². The third-order valence-electron chi connectivity index (χ3n) is 3.81. The van der Waals surface area contributed by atoms with Crippen LogP contribution in [-0.2, 0) is 0 Å². The first-order chi connectivity index (χ1) is 10.1. The first-order valence-electron chi connectivity index (χ1n) is 7.14. The maximum Gasteiger partial charge on any atom is 0.169 e. The third kappa shape index (κ3) is 3.04. The van der Waals surface area contributed by atoms with E-state index in [-0.39, 0.29) is 12.1 Å². The molecular formula is C18H18BrNO. The number of rotatable bonds is 4. The molecule has 0 aliphatic heterocycles. The van der Waals surface area contributed by atoms with Gasteiger partial charge in [0.25, 0.3) is 0 Å². The molecule has 0 spiro atoms. The fourth-order valence-corrected chi connectivity index (χ4v) is 3.06. The van der Waals surface area contributed by atoms with Crippen LogP contribution < -0.4 is 5.32 Å². The van der Waals surface area contributed by atoms with E-state index < -0.39 is 0 Å². The highest BCUT2D eigenvalue weighted by Gasteiger charge is 2.15. The smallest absolute Gasteiger partial charge is 0.169 e. The number of halogens is 1. The molecule has 0 saturated heterocycles. The lowest BCUT2D eigenvalue weighted by Crippen LogP contribution is -2.22. The SMILES string of the molecule is CC(NC(C)c1cccc2ccccc12)c1ccc(Br)o1. The number of benzene rings is 2. The minimum atomic E-state index is 0.158. The Hall–Kier alpha value is -1.58. The van der Waals surface area contributed by atoms with Crippen molar-refractivity contribution < 1.29 is 4.42 Å². The van der Waals surface area contributed by atoms with Crippen molar-refractivity contribution in [2.45, 2.75) is 25.9 Å². The molecule has 1 heterocycles. The molecule has 3 rings (SSSR count). The molecule has 0 amide bonds. The van der Waals surface area contributed by atoms with Crippen molar-refractivity contribution in [3.63, 3.8) is 0 Å². The van der Waals surface area contributed by atoms with E-state index in [1.165, 1.54) is 16.3 Å². The molecule has 1 N–H and O–H groups in total. The van der Waals surface area contributed by atoms with Crippen molar-refractivity contribution in [3.05, 3.63) is 70.6 Å². The van der Waals surface area contributed by atoms with Crippen LogP contribution in [0.5, 0.6) is 0 Å². The number of nitrogens with one attached hydrogen (secondary N) is 1. The zero-order valence-corrected chi connectivity index (χ0v) is 13.7. The summed E-state index contributed by atoms with van der Waals surface area (Å²) in [5, 5.41) is 6.18. The Morgan fingerprint density at radius 2 is 1.67 bits per heavy atom. The Morgan fingerprint density at radius 3 is 2.43 bits per heavy atom. The van der Waals surface area contributed by atoms with Gasteiger partial charge in [0.05, 0.1) is 6.04 Å². The van der Waals surface area contributed by atoms with Crippen LogP contribution in [-0.4, -0.2) is 0 Å². The van der Waals surface area contributed by atoms with Gasteiger partial charge in [-0.3, -0.25) is 0 Å². The average Bonchev–Trinajstić information content (AvgIpc) is 2.93. The minimum absolute atomic E-state index is 0.158. The van der Waals surface area contributed by atoms with Crippen molar-refractivity contribution in [3.8, 4) is 0 Å². The van der Waals surface area contributed by atoms with Gasteiger partial charge in [0.2, 0.25) is 0 Å². The number of furan rings is 1. The third-order valence-corrected chi connectivity index (χ3v) is 4.24. The molecular weight excluding hydrogens is 326 g/mol. The second kappa shape index (κ2) is 6.04. The van der Waals surface area contributed by atoms with Gasteiger partial charge in [-0.2, -0.15) is 0 Å². The van der Waals surface area contributed by atoms with E-state index in [1.54, 1.807) is 0 Å². The van der Waals surface area contributed by atoms with E-state index >= 15 is 0 Å². The van der Waals surface area contributed by atoms with E-state index in [1.807, 2.05) is 12.1 Å². The van der Waals surface area contributed by atoms with E-state index in [2.05, 4.69) is 77.6 Å². The second-order valence-electron chi connectivity index (χ2n) is 5.32. The molecule has 2 nitrogen and oxygen atoms in total. The first kappa shape index (κ1) is 14.4. The van der Waals surface area contributed by atoms with Gasteiger partial charge in [-0.25, -0.2) is 0 Å². The molecule has 2 aromatic carbocycles. The summed E-state index contributed by atoms with van der Waals surface area (Å²) in [6, 6.07) is 19.3. The molecule has 108 valence electrons. The average molecular weight is 344 g/mol. The van der Waals surface area contributed by atoms with Crippen molar-refractivity contribution in [2.24, 2.45) is 0 Å². The summed E-state index contributed by atoms with van der Waals surface area (Å²) in [6.45, 7) is 4.31. The highest BCUT2D eigenvalue weighted by Crippen LogP contribution is 2.27. The van der Waals surface area contributed by atoms with Crippen molar-refractivity contribution >= 4 is 26.7 Å². The van der Waals surface area contributed by atoms with Crippen molar-refractivity contribution in [1.82, 2.24) is 5.32 Å². The lowest BCUT2D eigenvalue weighted by molar-refractivity contribution is 0.394. The summed E-state index contributed by atoms with van der Waals surface area (Å²) in [5.41, 5.74) is 1.31. The fourth-order valence-electron chi connectivity index (χ4n) is 2.74. The molecule has 0 saturated carbocycles. The maximum atomic E-state index is 5.62. The molecule has 0 fully saturated rings. The fraction of sp³-hybridized carbons (Fsp3) is 0.222. The molecule has 0 aliphatic rings. The number of hydrogen-bond acceptors (Lipinski definition) is 2. The Labute approximate surface area is 133 Å². The maximum absolute atomic E-state index is 5.62. The normalized spacial score (nSPS) is 14.2. The topological polar surface area (TPSA) is 25.2 Å². The Bertz CT molecular complexity index is 744. The van der Waals surface area contributed by atoms with Crippen LogP contribution in [0.4, 0.5) is 0 Å². The van der Waals surface area contributed by atoms with Gasteiger partial charge in [-0.15, -0.1) is 0 Å². The zero-order chi connectivity index (χ0) is 14.8. The van der Waals surface area contributed by atoms with Gasteiger partial charge in [-0.1, -0.05) is 42.5 Å². The Balaban J connectivity index is 1.85. The predicted molar refractivity (Wildman–Crippen MR) is 90.3 cm³/mol. The quantitative estimate of drug-likeness (QED) is 0.666. The molecule has 0 bridgehead atoms. The summed E-state index contributed by atoms with van der Waals surface area (Å²) in [5.74, 6) is 0.939. The molecule has 2 atom stereocenters. The van der Waals surface area contributed by atoms with Gasteiger partial charge in [0.15, 0.2) is 4.67 Å². The predicted octanol–water partition coefficient (Wildman–Crippen LogP) is 5.61. The molecule has 3 aromatic rings. The van der Waals surface area contributed by atoms with Crippen LogP contribution in [0.15, 0.2) is 63.7 Å². The zero-order valence-electron chi connectivity index (χ0n) is 12.1. The summed E-state index contributed by atoms with van der Waals surface area (Å²) in [4.78, 5) is 0. The second-order valence-corrected chi connectivity index (χ2v) is 6.10. The van der Waals surface area contributed by atoms with Crippen molar-refractivity contribution in [1.29, 1.82) is 0 Å². The highest BCUT2D eigenvalue weighted by atomic mass is 79.9. The summed E-state index contributed by atoms with van der Waals surface area (Å²) in [6.07, 6.45) is 0. The van der Waals surface area contributed by atoms with E-state index in [0.717, 1.165) is 10.4 Å². The highest BCUT2D eigenvalue weighted by molar-refractivity contribution is 9.10. The van der Waals surface area contributed by atoms with Crippen LogP contribution in [0.2, 0.25) is 0 Å². The molecule has 1 aromatic heterocycles. The molecule has 0 radical (unpaired) electrons. The largest absolute Gasteiger partial charge is 0.453 e. The lowest BCUT2D eigenvalue weighted by Gasteiger charge is -2.20. The Morgan fingerprint density at radius 1 is 0.905 bits per heavy atom. The van der Waals surface area contributed by atoms with E-state index in [4.69, 9.17) is 4.42 Å². The number of hydrogen-bond donors (Lipinski definition) is 1. The monoisotopic (exact) mass is 343 g/mol. The van der Waals surface area contributed by atoms with Crippen LogP contribution in [0.25, 0.3) is 10.8 Å². The lowest BCUT2D eigenvalue weighted by atomic mass is 9.99. The van der Waals surface area contributed by atoms with Crippen LogP contribution in [0.3, 0.4) is 0 Å². The summed E-state index contributed by atoms with van der Waals surface area (Å²) in [7, 11) is 0. The standard InChI is InChI=1S/C18H18BrNO/c1-12(20-13(2)17-10-11-18(19)21-17)15-9-5-7-14-6-3-4-8-16(14)15/h3-13,20H,1-2H3. The molecule has 21 heavy (non-hydrogen) atoms. The molecule has 3 heteroatoms. The summed E-state index contributed by atoms with van der Waals surface area (Å²) < 4.78 is 6.39. The van der Waals surface area contributed by atoms with E-state index in [9.17, 15) is 0 Å². The summed E-state index contributed by atoms with van der Waals surface area (Å²) >= 11 is 3.35. The number of fused-ring (bicyclic) bond motifs is 1. The Kier molecular flexibility index (Phi) is 4.13. The van der Waals surface area contributed by atoms with Crippen molar-refractivity contribution in [2.75, 3.05) is 0 Å². The van der Waals surface area contributed by atoms with Gasteiger partial charge in [-0.05, 0) is 58.2 Å². The first-order valence-corrected chi connectivity index (χ1v) is 7.93. The van der Waals surface area contributed by atoms with Gasteiger partial charge >= 0.3 is 0 Å². The molecule has 0 aliphatic carbocycles. The van der Waals surface area contributed by atoms with E-state index in [0.29, 0.717) is 0 Å². The van der Waals surface area contributed by atoms with Gasteiger partial charge in [0, 0.05) is 6.04 Å². The minimum Gasteiger partial charge on any atom is -0.453 e. The van der Waals surface area contributed by atoms with Crippen LogP contribution in [0.1, 0.15) is 37.3 Å².